The van der Waals surface area contributed by atoms with Crippen LogP contribution in [0.5, 0.6) is 0 Å². The second kappa shape index (κ2) is 4.62. The Hall–Kier alpha value is -1.26. The van der Waals surface area contributed by atoms with Crippen molar-refractivity contribution in [2.45, 2.75) is 64.5 Å². The monoisotopic (exact) mass is 295 g/mol. The van der Waals surface area contributed by atoms with Crippen molar-refractivity contribution in [3.8, 4) is 0 Å². The molecule has 4 rings (SSSR count). The number of rotatable bonds is 2. The topological polar surface area (TPSA) is 75.6 Å². The molecular formula is C16H25NO4. The minimum absolute atomic E-state index is 0.0869. The van der Waals surface area contributed by atoms with Crippen LogP contribution in [0.4, 0.5) is 4.79 Å². The molecule has 0 aromatic heterocycles. The molecule has 2 N–H and O–H groups in total. The Balaban J connectivity index is 1.70. The Morgan fingerprint density at radius 2 is 1.71 bits per heavy atom. The third-order valence-electron chi connectivity index (χ3n) is 5.41. The molecule has 0 aromatic carbocycles. The van der Waals surface area contributed by atoms with Gasteiger partial charge in [-0.25, -0.2) is 4.79 Å². The van der Waals surface area contributed by atoms with Crippen molar-refractivity contribution in [1.29, 1.82) is 0 Å². The van der Waals surface area contributed by atoms with Crippen LogP contribution >= 0.6 is 0 Å². The van der Waals surface area contributed by atoms with E-state index in [1.54, 1.807) is 0 Å². The number of alkyl carbamates (subject to hydrolysis) is 1. The second-order valence-corrected chi connectivity index (χ2v) is 8.23. The summed E-state index contributed by atoms with van der Waals surface area (Å²) in [6.45, 7) is 5.55. The zero-order valence-electron chi connectivity index (χ0n) is 13.0. The lowest BCUT2D eigenvalue weighted by Crippen LogP contribution is -2.61. The van der Waals surface area contributed by atoms with E-state index < -0.39 is 17.0 Å². The van der Waals surface area contributed by atoms with Crippen LogP contribution in [0.2, 0.25) is 0 Å². The molecule has 5 nitrogen and oxygen atoms in total. The summed E-state index contributed by atoms with van der Waals surface area (Å²) in [4.78, 5) is 23.7. The van der Waals surface area contributed by atoms with Crippen LogP contribution in [-0.4, -0.2) is 28.8 Å². The van der Waals surface area contributed by atoms with E-state index in [-0.39, 0.29) is 12.1 Å². The number of carbonyl (C=O) groups is 2. The van der Waals surface area contributed by atoms with Gasteiger partial charge in [-0.2, -0.15) is 0 Å². The summed E-state index contributed by atoms with van der Waals surface area (Å²) in [5.74, 6) is 0.465. The van der Waals surface area contributed by atoms with Gasteiger partial charge >= 0.3 is 12.1 Å². The lowest BCUT2D eigenvalue weighted by molar-refractivity contribution is -0.167. The molecule has 1 amide bonds. The number of hydrogen-bond acceptors (Lipinski definition) is 3. The molecule has 0 saturated heterocycles. The zero-order chi connectivity index (χ0) is 15.4. The minimum Gasteiger partial charge on any atom is -0.481 e. The van der Waals surface area contributed by atoms with Crippen molar-refractivity contribution in [2.75, 3.05) is 0 Å². The molecule has 21 heavy (non-hydrogen) atoms. The number of carboxylic acids is 1. The number of ether oxygens (including phenoxy) is 1. The Morgan fingerprint density at radius 3 is 2.19 bits per heavy atom. The average molecular weight is 295 g/mol. The van der Waals surface area contributed by atoms with Crippen LogP contribution in [0.3, 0.4) is 0 Å². The van der Waals surface area contributed by atoms with Gasteiger partial charge in [-0.05, 0) is 70.6 Å². The molecule has 118 valence electrons. The number of carbonyl (C=O) groups excluding carboxylic acids is 1. The molecule has 4 fully saturated rings. The third-order valence-corrected chi connectivity index (χ3v) is 5.41. The van der Waals surface area contributed by atoms with Crippen molar-refractivity contribution in [3.63, 3.8) is 0 Å². The van der Waals surface area contributed by atoms with Crippen LogP contribution in [-0.2, 0) is 9.53 Å². The number of aliphatic carboxylic acids is 1. The highest BCUT2D eigenvalue weighted by Crippen LogP contribution is 2.60. The first kappa shape index (κ1) is 14.7. The first-order valence-electron chi connectivity index (χ1n) is 7.91. The van der Waals surface area contributed by atoms with Crippen molar-refractivity contribution >= 4 is 12.1 Å². The van der Waals surface area contributed by atoms with Gasteiger partial charge in [-0.3, -0.25) is 4.79 Å². The van der Waals surface area contributed by atoms with Gasteiger partial charge in [-0.15, -0.1) is 0 Å². The Labute approximate surface area is 125 Å². The van der Waals surface area contributed by atoms with Gasteiger partial charge in [0, 0.05) is 6.04 Å². The van der Waals surface area contributed by atoms with Crippen molar-refractivity contribution in [1.82, 2.24) is 5.32 Å². The van der Waals surface area contributed by atoms with E-state index in [4.69, 9.17) is 4.74 Å². The van der Waals surface area contributed by atoms with Gasteiger partial charge in [0.2, 0.25) is 0 Å². The largest absolute Gasteiger partial charge is 0.481 e. The zero-order valence-corrected chi connectivity index (χ0v) is 13.0. The summed E-state index contributed by atoms with van der Waals surface area (Å²) in [6, 6.07) is 0.0869. The smallest absolute Gasteiger partial charge is 0.407 e. The van der Waals surface area contributed by atoms with Crippen LogP contribution in [0.25, 0.3) is 0 Å². The van der Waals surface area contributed by atoms with Gasteiger partial charge in [-0.1, -0.05) is 0 Å². The first-order valence-corrected chi connectivity index (χ1v) is 7.91. The maximum Gasteiger partial charge on any atom is 0.407 e. The van der Waals surface area contributed by atoms with Crippen molar-refractivity contribution in [2.24, 2.45) is 23.2 Å². The van der Waals surface area contributed by atoms with E-state index in [0.29, 0.717) is 30.6 Å². The molecule has 4 unspecified atom stereocenters. The molecule has 0 aliphatic heterocycles. The molecule has 5 heteroatoms. The van der Waals surface area contributed by atoms with E-state index in [9.17, 15) is 14.7 Å². The number of hydrogen-bond donors (Lipinski definition) is 2. The highest BCUT2D eigenvalue weighted by Gasteiger charge is 2.59. The van der Waals surface area contributed by atoms with Gasteiger partial charge in [0.05, 0.1) is 5.41 Å². The van der Waals surface area contributed by atoms with E-state index in [1.807, 2.05) is 20.8 Å². The number of nitrogens with one attached hydrogen (secondary N) is 1. The van der Waals surface area contributed by atoms with E-state index in [2.05, 4.69) is 5.32 Å². The molecule has 0 spiro atoms. The molecule has 0 aromatic rings. The summed E-state index contributed by atoms with van der Waals surface area (Å²) >= 11 is 0. The van der Waals surface area contributed by atoms with E-state index in [0.717, 1.165) is 19.3 Å². The molecule has 5 atom stereocenters. The second-order valence-electron chi connectivity index (χ2n) is 8.23. The fourth-order valence-electron chi connectivity index (χ4n) is 4.97. The van der Waals surface area contributed by atoms with Gasteiger partial charge < -0.3 is 15.2 Å². The average Bonchev–Trinajstić information content (AvgIpc) is 2.30. The Kier molecular flexibility index (Phi) is 3.22. The van der Waals surface area contributed by atoms with Crippen LogP contribution in [0, 0.1) is 23.2 Å². The molecular weight excluding hydrogens is 270 g/mol. The lowest BCUT2D eigenvalue weighted by atomic mass is 9.48. The van der Waals surface area contributed by atoms with Gasteiger partial charge in [0.1, 0.15) is 5.60 Å². The number of amides is 1. The maximum atomic E-state index is 12.0. The van der Waals surface area contributed by atoms with Crippen molar-refractivity contribution < 1.29 is 19.4 Å². The quantitative estimate of drug-likeness (QED) is 0.821. The lowest BCUT2D eigenvalue weighted by Gasteiger charge is -2.58. The van der Waals surface area contributed by atoms with Crippen LogP contribution in [0.15, 0.2) is 0 Å². The van der Waals surface area contributed by atoms with Gasteiger partial charge in [0.15, 0.2) is 0 Å². The van der Waals surface area contributed by atoms with Crippen molar-refractivity contribution in [3.05, 3.63) is 0 Å². The fraction of sp³-hybridized carbons (Fsp3) is 0.875. The predicted octanol–water partition coefficient (Wildman–Crippen LogP) is 2.79. The predicted molar refractivity (Wildman–Crippen MR) is 76.8 cm³/mol. The minimum atomic E-state index is -0.641. The summed E-state index contributed by atoms with van der Waals surface area (Å²) < 4.78 is 5.35. The van der Waals surface area contributed by atoms with Crippen LogP contribution < -0.4 is 5.32 Å². The Bertz CT molecular complexity index is 451. The highest BCUT2D eigenvalue weighted by molar-refractivity contribution is 5.75. The molecule has 0 heterocycles. The molecule has 4 aliphatic carbocycles. The standard InChI is InChI=1S/C16H25NO4/c1-15(2,3)21-14(20)17-12-10-4-9-5-11(12)8-16(6-9,7-10)13(18)19/h9-12H,4-8H2,1-3H3,(H,17,20)(H,18,19)/t9?,10-,11?,12?,16?/m0/s1. The maximum absolute atomic E-state index is 12.0. The van der Waals surface area contributed by atoms with E-state index >= 15 is 0 Å². The molecule has 4 aliphatic rings. The first-order chi connectivity index (χ1) is 9.68. The Morgan fingerprint density at radius 1 is 1.14 bits per heavy atom. The third kappa shape index (κ3) is 2.62. The highest BCUT2D eigenvalue weighted by atomic mass is 16.6. The van der Waals surface area contributed by atoms with E-state index in [1.165, 1.54) is 0 Å². The fourth-order valence-corrected chi connectivity index (χ4v) is 4.97. The summed E-state index contributed by atoms with van der Waals surface area (Å²) in [5.41, 5.74) is -1.03. The van der Waals surface area contributed by atoms with Crippen LogP contribution in [0.1, 0.15) is 52.9 Å². The molecule has 4 bridgehead atoms. The summed E-state index contributed by atoms with van der Waals surface area (Å²) in [7, 11) is 0. The summed E-state index contributed by atoms with van der Waals surface area (Å²) in [6.07, 6.45) is 3.96. The summed E-state index contributed by atoms with van der Waals surface area (Å²) in [5, 5.41) is 12.6. The number of carboxylic acid groups (broad SMARTS) is 1. The normalized spacial score (nSPS) is 40.9. The molecule has 4 saturated carbocycles. The SMILES string of the molecule is CC(C)(C)OC(=O)NC1C2CC3C[C@H]1CC(C(=O)O)(C3)C2. The molecule has 0 radical (unpaired) electrons. The van der Waals surface area contributed by atoms with Gasteiger partial charge in [0.25, 0.3) is 0 Å².